The molecule has 5 heteroatoms. The second-order valence-corrected chi connectivity index (χ2v) is 4.56. The maximum atomic E-state index is 12.1. The number of aromatic amines is 1. The third kappa shape index (κ3) is 3.45. The molecular formula is C15H20N4O. The molecule has 0 spiro atoms. The number of aromatic nitrogens is 2. The molecule has 2 N–H and O–H groups in total. The SMILES string of the molecule is CCN(CC)Cc1ccccc1NC(=O)c1cn[nH]c1. The first-order valence-corrected chi connectivity index (χ1v) is 6.85. The lowest BCUT2D eigenvalue weighted by atomic mass is 10.1. The minimum absolute atomic E-state index is 0.147. The van der Waals surface area contributed by atoms with Crippen molar-refractivity contribution in [1.82, 2.24) is 15.1 Å². The van der Waals surface area contributed by atoms with Crippen LogP contribution < -0.4 is 5.32 Å². The van der Waals surface area contributed by atoms with Crippen molar-refractivity contribution in [2.45, 2.75) is 20.4 Å². The Morgan fingerprint density at radius 1 is 1.30 bits per heavy atom. The highest BCUT2D eigenvalue weighted by Gasteiger charge is 2.11. The number of hydrogen-bond donors (Lipinski definition) is 2. The number of H-pyrrole nitrogens is 1. The summed E-state index contributed by atoms with van der Waals surface area (Å²) in [5.41, 5.74) is 2.50. The molecule has 2 rings (SSSR count). The van der Waals surface area contributed by atoms with E-state index in [1.807, 2.05) is 24.3 Å². The molecule has 0 aliphatic heterocycles. The van der Waals surface area contributed by atoms with E-state index in [4.69, 9.17) is 0 Å². The van der Waals surface area contributed by atoms with Crippen molar-refractivity contribution in [2.24, 2.45) is 0 Å². The topological polar surface area (TPSA) is 61.0 Å². The highest BCUT2D eigenvalue weighted by molar-refractivity contribution is 6.04. The molecular weight excluding hydrogens is 252 g/mol. The summed E-state index contributed by atoms with van der Waals surface area (Å²) >= 11 is 0. The summed E-state index contributed by atoms with van der Waals surface area (Å²) in [5, 5.41) is 9.37. The molecule has 0 saturated carbocycles. The van der Waals surface area contributed by atoms with E-state index in [1.165, 1.54) is 6.20 Å². The molecule has 2 aromatic rings. The summed E-state index contributed by atoms with van der Waals surface area (Å²) in [6.07, 6.45) is 3.10. The van der Waals surface area contributed by atoms with E-state index < -0.39 is 0 Å². The number of nitrogens with one attached hydrogen (secondary N) is 2. The second-order valence-electron chi connectivity index (χ2n) is 4.56. The van der Waals surface area contributed by atoms with Crippen molar-refractivity contribution in [3.05, 3.63) is 47.8 Å². The molecule has 0 unspecified atom stereocenters. The van der Waals surface area contributed by atoms with Crippen LogP contribution in [0.3, 0.4) is 0 Å². The highest BCUT2D eigenvalue weighted by atomic mass is 16.1. The van der Waals surface area contributed by atoms with Crippen LogP contribution in [0.5, 0.6) is 0 Å². The first-order valence-electron chi connectivity index (χ1n) is 6.85. The first-order chi connectivity index (χ1) is 9.74. The van der Waals surface area contributed by atoms with E-state index in [2.05, 4.69) is 34.3 Å². The van der Waals surface area contributed by atoms with E-state index in [1.54, 1.807) is 6.20 Å². The van der Waals surface area contributed by atoms with Gasteiger partial charge >= 0.3 is 0 Å². The molecule has 1 aromatic carbocycles. The number of carbonyl (C=O) groups is 1. The van der Waals surface area contributed by atoms with Crippen LogP contribution in [-0.4, -0.2) is 34.1 Å². The number of carbonyl (C=O) groups excluding carboxylic acids is 1. The molecule has 1 amide bonds. The summed E-state index contributed by atoms with van der Waals surface area (Å²) < 4.78 is 0. The predicted octanol–water partition coefficient (Wildman–Crippen LogP) is 2.50. The Morgan fingerprint density at radius 3 is 2.70 bits per heavy atom. The quantitative estimate of drug-likeness (QED) is 0.849. The zero-order chi connectivity index (χ0) is 14.4. The fourth-order valence-electron chi connectivity index (χ4n) is 2.04. The predicted molar refractivity (Wildman–Crippen MR) is 79.6 cm³/mol. The number of anilines is 1. The van der Waals surface area contributed by atoms with Gasteiger partial charge in [-0.25, -0.2) is 0 Å². The third-order valence-electron chi connectivity index (χ3n) is 3.31. The van der Waals surface area contributed by atoms with Gasteiger partial charge in [0, 0.05) is 18.4 Å². The average Bonchev–Trinajstić information content (AvgIpc) is 3.00. The van der Waals surface area contributed by atoms with E-state index >= 15 is 0 Å². The summed E-state index contributed by atoms with van der Waals surface area (Å²) in [6.45, 7) is 7.07. The van der Waals surface area contributed by atoms with Crippen molar-refractivity contribution in [1.29, 1.82) is 0 Å². The molecule has 0 saturated heterocycles. The van der Waals surface area contributed by atoms with Crippen molar-refractivity contribution in [3.63, 3.8) is 0 Å². The Hall–Kier alpha value is -2.14. The van der Waals surface area contributed by atoms with Crippen LogP contribution in [0.25, 0.3) is 0 Å². The Balaban J connectivity index is 2.13. The van der Waals surface area contributed by atoms with Gasteiger partial charge in [-0.3, -0.25) is 14.8 Å². The van der Waals surface area contributed by atoms with E-state index in [9.17, 15) is 4.79 Å². The summed E-state index contributed by atoms with van der Waals surface area (Å²) in [7, 11) is 0. The number of amides is 1. The number of nitrogens with zero attached hydrogens (tertiary/aromatic N) is 2. The summed E-state index contributed by atoms with van der Waals surface area (Å²) in [5.74, 6) is -0.147. The molecule has 0 atom stereocenters. The van der Waals surface area contributed by atoms with Gasteiger partial charge in [0.05, 0.1) is 11.8 Å². The average molecular weight is 272 g/mol. The van der Waals surface area contributed by atoms with Crippen LogP contribution in [0.1, 0.15) is 29.8 Å². The molecule has 5 nitrogen and oxygen atoms in total. The minimum atomic E-state index is -0.147. The van der Waals surface area contributed by atoms with Crippen LogP contribution in [0.2, 0.25) is 0 Å². The molecule has 0 aliphatic rings. The van der Waals surface area contributed by atoms with Gasteiger partial charge in [-0.15, -0.1) is 0 Å². The molecule has 1 heterocycles. The lowest BCUT2D eigenvalue weighted by Crippen LogP contribution is -2.23. The largest absolute Gasteiger partial charge is 0.322 e. The van der Waals surface area contributed by atoms with Gasteiger partial charge in [0.15, 0.2) is 0 Å². The highest BCUT2D eigenvalue weighted by Crippen LogP contribution is 2.18. The Morgan fingerprint density at radius 2 is 2.05 bits per heavy atom. The maximum Gasteiger partial charge on any atom is 0.258 e. The van der Waals surface area contributed by atoms with Gasteiger partial charge in [0.1, 0.15) is 0 Å². The minimum Gasteiger partial charge on any atom is -0.322 e. The van der Waals surface area contributed by atoms with Gasteiger partial charge in [-0.2, -0.15) is 5.10 Å². The molecule has 1 aromatic heterocycles. The van der Waals surface area contributed by atoms with Gasteiger partial charge in [0.2, 0.25) is 0 Å². The third-order valence-corrected chi connectivity index (χ3v) is 3.31. The first kappa shape index (κ1) is 14.3. The zero-order valence-corrected chi connectivity index (χ0v) is 11.9. The number of para-hydroxylation sites is 1. The zero-order valence-electron chi connectivity index (χ0n) is 11.9. The summed E-state index contributed by atoms with van der Waals surface area (Å²) in [6, 6.07) is 7.89. The standard InChI is InChI=1S/C15H20N4O/c1-3-19(4-2)11-12-7-5-6-8-14(12)18-15(20)13-9-16-17-10-13/h5-10H,3-4,11H2,1-2H3,(H,16,17)(H,18,20). The molecule has 0 bridgehead atoms. The van der Waals surface area contributed by atoms with Crippen LogP contribution in [0, 0.1) is 0 Å². The van der Waals surface area contributed by atoms with Gasteiger partial charge < -0.3 is 5.32 Å². The lowest BCUT2D eigenvalue weighted by Gasteiger charge is -2.20. The van der Waals surface area contributed by atoms with E-state index in [0.29, 0.717) is 5.56 Å². The number of rotatable bonds is 6. The molecule has 0 radical (unpaired) electrons. The fourth-order valence-corrected chi connectivity index (χ4v) is 2.04. The monoisotopic (exact) mass is 272 g/mol. The Kier molecular flexibility index (Phi) is 4.90. The van der Waals surface area contributed by atoms with E-state index in [-0.39, 0.29) is 5.91 Å². The smallest absolute Gasteiger partial charge is 0.258 e. The van der Waals surface area contributed by atoms with Gasteiger partial charge in [-0.05, 0) is 24.7 Å². The molecule has 0 aliphatic carbocycles. The second kappa shape index (κ2) is 6.86. The molecule has 106 valence electrons. The van der Waals surface area contributed by atoms with Gasteiger partial charge in [-0.1, -0.05) is 32.0 Å². The summed E-state index contributed by atoms with van der Waals surface area (Å²) in [4.78, 5) is 14.4. The van der Waals surface area contributed by atoms with Crippen LogP contribution in [0.4, 0.5) is 5.69 Å². The van der Waals surface area contributed by atoms with E-state index in [0.717, 1.165) is 30.9 Å². The van der Waals surface area contributed by atoms with Crippen molar-refractivity contribution >= 4 is 11.6 Å². The van der Waals surface area contributed by atoms with Crippen molar-refractivity contribution in [3.8, 4) is 0 Å². The maximum absolute atomic E-state index is 12.1. The van der Waals surface area contributed by atoms with Crippen molar-refractivity contribution in [2.75, 3.05) is 18.4 Å². The van der Waals surface area contributed by atoms with Gasteiger partial charge in [0.25, 0.3) is 5.91 Å². The Bertz CT molecular complexity index is 547. The van der Waals surface area contributed by atoms with Crippen molar-refractivity contribution < 1.29 is 4.79 Å². The number of benzene rings is 1. The molecule has 20 heavy (non-hydrogen) atoms. The number of hydrogen-bond acceptors (Lipinski definition) is 3. The lowest BCUT2D eigenvalue weighted by molar-refractivity contribution is 0.102. The fraction of sp³-hybridized carbons (Fsp3) is 0.333. The van der Waals surface area contributed by atoms with Crippen LogP contribution in [-0.2, 0) is 6.54 Å². The van der Waals surface area contributed by atoms with Crippen LogP contribution >= 0.6 is 0 Å². The normalized spacial score (nSPS) is 10.8. The Labute approximate surface area is 119 Å². The molecule has 0 fully saturated rings. The van der Waals surface area contributed by atoms with Crippen LogP contribution in [0.15, 0.2) is 36.7 Å².